The molecule has 0 atom stereocenters. The first-order valence-electron chi connectivity index (χ1n) is 7.67. The molecular weight excluding hydrogens is 306 g/mol. The fourth-order valence-corrected chi connectivity index (χ4v) is 4.05. The molecule has 0 saturated heterocycles. The lowest BCUT2D eigenvalue weighted by Gasteiger charge is -2.20. The summed E-state index contributed by atoms with van der Waals surface area (Å²) in [6.07, 6.45) is 0.951. The summed E-state index contributed by atoms with van der Waals surface area (Å²) in [7, 11) is 2.11. The first-order valence-corrected chi connectivity index (χ1v) is 8.48. The molecular formula is C18H17N3OS. The number of nitrogens with zero attached hydrogens (tertiary/aromatic N) is 2. The predicted molar refractivity (Wildman–Crippen MR) is 94.1 cm³/mol. The van der Waals surface area contributed by atoms with Crippen LogP contribution in [0.4, 0.5) is 5.13 Å². The molecule has 23 heavy (non-hydrogen) atoms. The van der Waals surface area contributed by atoms with Crippen LogP contribution in [0.1, 0.15) is 20.9 Å². The Balaban J connectivity index is 1.63. The zero-order chi connectivity index (χ0) is 15.8. The summed E-state index contributed by atoms with van der Waals surface area (Å²) in [5, 5.41) is 5.71. The normalized spacial score (nSPS) is 14.7. The molecule has 2 aromatic carbocycles. The second kappa shape index (κ2) is 5.76. The minimum Gasteiger partial charge on any atom is -0.301 e. The van der Waals surface area contributed by atoms with Gasteiger partial charge < -0.3 is 4.90 Å². The third-order valence-electron chi connectivity index (χ3n) is 4.18. The number of hydrogen-bond acceptors (Lipinski definition) is 4. The van der Waals surface area contributed by atoms with Crippen LogP contribution in [0.25, 0.3) is 10.8 Å². The van der Waals surface area contributed by atoms with Crippen LogP contribution in [-0.2, 0) is 13.0 Å². The smallest absolute Gasteiger partial charge is 0.258 e. The Morgan fingerprint density at radius 3 is 2.96 bits per heavy atom. The summed E-state index contributed by atoms with van der Waals surface area (Å²) in [6, 6.07) is 13.7. The molecule has 0 fully saturated rings. The highest BCUT2D eigenvalue weighted by molar-refractivity contribution is 7.15. The van der Waals surface area contributed by atoms with E-state index < -0.39 is 0 Å². The number of aromatic nitrogens is 1. The van der Waals surface area contributed by atoms with Crippen LogP contribution in [0.5, 0.6) is 0 Å². The fraction of sp³-hybridized carbons (Fsp3) is 0.222. The van der Waals surface area contributed by atoms with E-state index in [1.807, 2.05) is 42.5 Å². The monoisotopic (exact) mass is 323 g/mol. The molecule has 0 spiro atoms. The molecule has 0 bridgehead atoms. The summed E-state index contributed by atoms with van der Waals surface area (Å²) in [5.41, 5.74) is 1.81. The molecule has 0 saturated carbocycles. The van der Waals surface area contributed by atoms with Crippen molar-refractivity contribution in [2.45, 2.75) is 13.0 Å². The Kier molecular flexibility index (Phi) is 3.59. The van der Waals surface area contributed by atoms with Gasteiger partial charge in [-0.2, -0.15) is 0 Å². The van der Waals surface area contributed by atoms with Crippen molar-refractivity contribution in [2.75, 3.05) is 18.9 Å². The lowest BCUT2D eigenvalue weighted by Crippen LogP contribution is -2.25. The Morgan fingerprint density at radius 2 is 2.04 bits per heavy atom. The molecule has 4 nitrogen and oxygen atoms in total. The number of nitrogens with one attached hydrogen (secondary N) is 1. The van der Waals surface area contributed by atoms with Crippen molar-refractivity contribution in [3.05, 3.63) is 58.6 Å². The van der Waals surface area contributed by atoms with Crippen molar-refractivity contribution in [2.24, 2.45) is 0 Å². The highest BCUT2D eigenvalue weighted by Gasteiger charge is 2.19. The minimum absolute atomic E-state index is 0.0961. The number of thiazole rings is 1. The van der Waals surface area contributed by atoms with Gasteiger partial charge in [0.1, 0.15) is 0 Å². The van der Waals surface area contributed by atoms with Crippen molar-refractivity contribution in [1.82, 2.24) is 9.88 Å². The van der Waals surface area contributed by atoms with Crippen LogP contribution in [-0.4, -0.2) is 29.4 Å². The molecule has 1 aliphatic rings. The summed E-state index contributed by atoms with van der Waals surface area (Å²) in [4.78, 5) is 20.8. The molecule has 1 amide bonds. The maximum Gasteiger partial charge on any atom is 0.258 e. The van der Waals surface area contributed by atoms with Gasteiger partial charge in [0.2, 0.25) is 0 Å². The lowest BCUT2D eigenvalue weighted by atomic mass is 10.0. The van der Waals surface area contributed by atoms with Gasteiger partial charge in [-0.3, -0.25) is 10.1 Å². The van der Waals surface area contributed by atoms with Crippen LogP contribution in [0.15, 0.2) is 42.5 Å². The predicted octanol–water partition coefficient (Wildman–Crippen LogP) is 3.54. The summed E-state index contributed by atoms with van der Waals surface area (Å²) < 4.78 is 0. The maximum atomic E-state index is 12.7. The average molecular weight is 323 g/mol. The molecule has 116 valence electrons. The van der Waals surface area contributed by atoms with Gasteiger partial charge in [-0.15, -0.1) is 11.3 Å². The van der Waals surface area contributed by atoms with Crippen LogP contribution >= 0.6 is 11.3 Å². The lowest BCUT2D eigenvalue weighted by molar-refractivity contribution is 0.102. The van der Waals surface area contributed by atoms with Gasteiger partial charge in [0, 0.05) is 30.0 Å². The average Bonchev–Trinajstić information content (AvgIpc) is 2.95. The largest absolute Gasteiger partial charge is 0.301 e. The molecule has 1 aromatic heterocycles. The third-order valence-corrected chi connectivity index (χ3v) is 5.17. The quantitative estimate of drug-likeness (QED) is 0.784. The van der Waals surface area contributed by atoms with Gasteiger partial charge in [-0.25, -0.2) is 4.98 Å². The van der Waals surface area contributed by atoms with Crippen molar-refractivity contribution in [3.63, 3.8) is 0 Å². The molecule has 4 rings (SSSR count). The van der Waals surface area contributed by atoms with E-state index in [4.69, 9.17) is 0 Å². The number of carbonyl (C=O) groups is 1. The fourth-order valence-electron chi connectivity index (χ4n) is 2.96. The van der Waals surface area contributed by atoms with Gasteiger partial charge in [-0.05, 0) is 23.9 Å². The van der Waals surface area contributed by atoms with E-state index in [1.165, 1.54) is 4.88 Å². The van der Waals surface area contributed by atoms with E-state index in [0.29, 0.717) is 10.7 Å². The molecule has 1 N–H and O–H groups in total. The Hall–Kier alpha value is -2.24. The molecule has 0 unspecified atom stereocenters. The highest BCUT2D eigenvalue weighted by Crippen LogP contribution is 2.28. The topological polar surface area (TPSA) is 45.2 Å². The number of fused-ring (bicyclic) bond motifs is 2. The van der Waals surface area contributed by atoms with Crippen molar-refractivity contribution in [1.29, 1.82) is 0 Å². The molecule has 2 heterocycles. The van der Waals surface area contributed by atoms with Crippen LogP contribution in [0.3, 0.4) is 0 Å². The molecule has 5 heteroatoms. The van der Waals surface area contributed by atoms with Crippen molar-refractivity contribution < 1.29 is 4.79 Å². The second-order valence-corrected chi connectivity index (χ2v) is 6.94. The van der Waals surface area contributed by atoms with E-state index in [2.05, 4.69) is 22.2 Å². The van der Waals surface area contributed by atoms with E-state index >= 15 is 0 Å². The summed E-state index contributed by atoms with van der Waals surface area (Å²) in [6.45, 7) is 1.94. The number of anilines is 1. The maximum absolute atomic E-state index is 12.7. The van der Waals surface area contributed by atoms with Crippen molar-refractivity contribution in [3.8, 4) is 0 Å². The van der Waals surface area contributed by atoms with Gasteiger partial charge in [-0.1, -0.05) is 36.4 Å². The van der Waals surface area contributed by atoms with Gasteiger partial charge in [0.05, 0.1) is 5.69 Å². The first-order chi connectivity index (χ1) is 11.2. The number of likely N-dealkylation sites (N-methyl/N-ethyl adjacent to an activating group) is 1. The SMILES string of the molecule is CN1CCc2nc(NC(=O)c3cccc4ccccc34)sc2C1. The molecule has 0 aliphatic carbocycles. The molecule has 1 aliphatic heterocycles. The van der Waals surface area contributed by atoms with Gasteiger partial charge in [0.25, 0.3) is 5.91 Å². The number of carbonyl (C=O) groups excluding carboxylic acids is 1. The highest BCUT2D eigenvalue weighted by atomic mass is 32.1. The third kappa shape index (κ3) is 2.73. The van der Waals surface area contributed by atoms with E-state index in [0.717, 1.165) is 36.0 Å². The van der Waals surface area contributed by atoms with E-state index in [9.17, 15) is 4.79 Å². The van der Waals surface area contributed by atoms with Crippen LogP contribution in [0, 0.1) is 0 Å². The van der Waals surface area contributed by atoms with Crippen molar-refractivity contribution >= 4 is 33.1 Å². The van der Waals surface area contributed by atoms with E-state index in [1.54, 1.807) is 11.3 Å². The first kappa shape index (κ1) is 14.4. The van der Waals surface area contributed by atoms with Crippen LogP contribution < -0.4 is 5.32 Å². The zero-order valence-electron chi connectivity index (χ0n) is 12.9. The van der Waals surface area contributed by atoms with E-state index in [-0.39, 0.29) is 5.91 Å². The standard InChI is InChI=1S/C18H17N3OS/c1-21-10-9-15-16(11-21)23-18(19-15)20-17(22)14-8-4-6-12-5-2-3-7-13(12)14/h2-8H,9-11H2,1H3,(H,19,20,22). The number of benzene rings is 2. The number of hydrogen-bond donors (Lipinski definition) is 1. The zero-order valence-corrected chi connectivity index (χ0v) is 13.7. The number of rotatable bonds is 2. The molecule has 0 radical (unpaired) electrons. The second-order valence-electron chi connectivity index (χ2n) is 5.86. The number of amides is 1. The van der Waals surface area contributed by atoms with Gasteiger partial charge in [0.15, 0.2) is 5.13 Å². The molecule has 3 aromatic rings. The Labute approximate surface area is 138 Å². The Morgan fingerprint density at radius 1 is 1.22 bits per heavy atom. The summed E-state index contributed by atoms with van der Waals surface area (Å²) >= 11 is 1.58. The minimum atomic E-state index is -0.0961. The van der Waals surface area contributed by atoms with Crippen LogP contribution in [0.2, 0.25) is 0 Å². The van der Waals surface area contributed by atoms with Gasteiger partial charge >= 0.3 is 0 Å². The Bertz CT molecular complexity index is 882. The summed E-state index contributed by atoms with van der Waals surface area (Å²) in [5.74, 6) is -0.0961.